The molecule has 0 saturated heterocycles. The molecule has 0 N–H and O–H groups in total. The number of hydrogen-bond acceptors (Lipinski definition) is 2. The van der Waals surface area contributed by atoms with Crippen LogP contribution in [-0.4, -0.2) is 14.9 Å². The number of allylic oxidation sites excluding steroid dienone is 1. The Kier molecular flexibility index (Phi) is 5.42. The van der Waals surface area contributed by atoms with E-state index in [1.807, 2.05) is 13.0 Å². The summed E-state index contributed by atoms with van der Waals surface area (Å²) in [4.78, 5) is 0. The van der Waals surface area contributed by atoms with Gasteiger partial charge in [0, 0.05) is 0 Å². The smallest absolute Gasteiger partial charge is 0.261 e. The molecule has 15 heavy (non-hydrogen) atoms. The Morgan fingerprint density at radius 1 is 1.20 bits per heavy atom. The first-order valence-electron chi connectivity index (χ1n) is 5.76. The summed E-state index contributed by atoms with van der Waals surface area (Å²) in [6.45, 7) is 15.9. The molecule has 0 aromatic heterocycles. The molecule has 0 aliphatic rings. The molecule has 0 aliphatic heterocycles. The number of hydrogen-bond donors (Lipinski definition) is 0. The highest BCUT2D eigenvalue weighted by atomic mass is 28.4. The van der Waals surface area contributed by atoms with E-state index in [1.165, 1.54) is 0 Å². The van der Waals surface area contributed by atoms with Gasteiger partial charge in [0.25, 0.3) is 14.3 Å². The fraction of sp³-hybridized carbons (Fsp3) is 0.833. The molecule has 0 bridgehead atoms. The second-order valence-electron chi connectivity index (χ2n) is 5.23. The maximum Gasteiger partial charge on any atom is 0.261 e. The third-order valence-corrected chi connectivity index (χ3v) is 7.14. The van der Waals surface area contributed by atoms with Crippen LogP contribution in [0.1, 0.15) is 41.0 Å². The first-order valence-corrected chi connectivity index (χ1v) is 8.67. The zero-order chi connectivity index (χ0) is 12.1. The molecule has 0 unspecified atom stereocenters. The lowest BCUT2D eigenvalue weighted by Crippen LogP contribution is -2.40. The second-order valence-corrected chi connectivity index (χ2v) is 9.95. The van der Waals surface area contributed by atoms with Crippen molar-refractivity contribution in [2.75, 3.05) is 6.61 Å². The lowest BCUT2D eigenvalue weighted by atomic mass is 10.2. The van der Waals surface area contributed by atoms with Crippen molar-refractivity contribution in [2.45, 2.75) is 59.2 Å². The van der Waals surface area contributed by atoms with Crippen molar-refractivity contribution in [1.82, 2.24) is 0 Å². The summed E-state index contributed by atoms with van der Waals surface area (Å²) < 4.78 is 11.5. The van der Waals surface area contributed by atoms with E-state index >= 15 is 0 Å². The Balaban J connectivity index is 4.60. The van der Waals surface area contributed by atoms with Crippen LogP contribution in [0, 0.1) is 0 Å². The van der Waals surface area contributed by atoms with Crippen LogP contribution < -0.4 is 0 Å². The van der Waals surface area contributed by atoms with Crippen LogP contribution in [0.5, 0.6) is 0 Å². The van der Waals surface area contributed by atoms with Crippen molar-refractivity contribution >= 4 is 8.32 Å². The maximum atomic E-state index is 6.06. The summed E-state index contributed by atoms with van der Waals surface area (Å²) in [5.74, 6) is 0.714. The molecule has 0 fully saturated rings. The van der Waals surface area contributed by atoms with Gasteiger partial charge in [0.1, 0.15) is 0 Å². The van der Waals surface area contributed by atoms with E-state index in [2.05, 4.69) is 40.8 Å². The van der Waals surface area contributed by atoms with Crippen molar-refractivity contribution in [3.8, 4) is 0 Å². The highest BCUT2D eigenvalue weighted by Crippen LogP contribution is 2.38. The van der Waals surface area contributed by atoms with E-state index in [4.69, 9.17) is 9.16 Å². The fourth-order valence-corrected chi connectivity index (χ4v) is 1.79. The van der Waals surface area contributed by atoms with Gasteiger partial charge in [0.2, 0.25) is 0 Å². The molecular weight excluding hydrogens is 204 g/mol. The standard InChI is InChI=1S/C12H26O2Si/c1-8-10-11(13-9-2)14-15(6,7)12(3,4)5/h10H,8-9H2,1-7H3/b11-10+. The van der Waals surface area contributed by atoms with Crippen molar-refractivity contribution in [3.63, 3.8) is 0 Å². The van der Waals surface area contributed by atoms with Gasteiger partial charge in [-0.25, -0.2) is 0 Å². The summed E-state index contributed by atoms with van der Waals surface area (Å²) in [6.07, 6.45) is 2.97. The first kappa shape index (κ1) is 14.6. The molecule has 0 aliphatic carbocycles. The van der Waals surface area contributed by atoms with Crippen LogP contribution in [0.2, 0.25) is 18.1 Å². The Hall–Kier alpha value is -0.443. The number of rotatable bonds is 5. The molecule has 0 atom stereocenters. The van der Waals surface area contributed by atoms with Crippen LogP contribution in [0.3, 0.4) is 0 Å². The van der Waals surface area contributed by atoms with Crippen molar-refractivity contribution in [1.29, 1.82) is 0 Å². The van der Waals surface area contributed by atoms with Gasteiger partial charge in [0.05, 0.1) is 6.61 Å². The van der Waals surface area contributed by atoms with Crippen LogP contribution in [0.15, 0.2) is 12.0 Å². The molecule has 0 amide bonds. The van der Waals surface area contributed by atoms with Gasteiger partial charge in [-0.05, 0) is 37.6 Å². The fourth-order valence-electron chi connectivity index (χ4n) is 0.844. The summed E-state index contributed by atoms with van der Waals surface area (Å²) in [5, 5.41) is 0.219. The summed E-state index contributed by atoms with van der Waals surface area (Å²) >= 11 is 0. The van der Waals surface area contributed by atoms with Gasteiger partial charge in [0.15, 0.2) is 0 Å². The summed E-state index contributed by atoms with van der Waals surface area (Å²) in [6, 6.07) is 0. The van der Waals surface area contributed by atoms with Crippen molar-refractivity contribution in [3.05, 3.63) is 12.0 Å². The zero-order valence-electron chi connectivity index (χ0n) is 11.3. The van der Waals surface area contributed by atoms with Crippen LogP contribution in [0.4, 0.5) is 0 Å². The van der Waals surface area contributed by atoms with E-state index in [1.54, 1.807) is 0 Å². The monoisotopic (exact) mass is 230 g/mol. The highest BCUT2D eigenvalue weighted by molar-refractivity contribution is 6.74. The van der Waals surface area contributed by atoms with E-state index in [-0.39, 0.29) is 5.04 Å². The van der Waals surface area contributed by atoms with Crippen molar-refractivity contribution < 1.29 is 9.16 Å². The molecular formula is C12H26O2Si. The van der Waals surface area contributed by atoms with E-state index in [0.29, 0.717) is 12.6 Å². The Morgan fingerprint density at radius 3 is 2.07 bits per heavy atom. The van der Waals surface area contributed by atoms with Crippen LogP contribution in [-0.2, 0) is 9.16 Å². The molecule has 90 valence electrons. The normalized spacial score (nSPS) is 13.9. The zero-order valence-corrected chi connectivity index (χ0v) is 12.3. The lowest BCUT2D eigenvalue weighted by Gasteiger charge is -2.36. The maximum absolute atomic E-state index is 6.06. The van der Waals surface area contributed by atoms with Crippen molar-refractivity contribution in [2.24, 2.45) is 0 Å². The molecule has 2 nitrogen and oxygen atoms in total. The van der Waals surface area contributed by atoms with Crippen LogP contribution >= 0.6 is 0 Å². The largest absolute Gasteiger partial charge is 0.519 e. The highest BCUT2D eigenvalue weighted by Gasteiger charge is 2.39. The quantitative estimate of drug-likeness (QED) is 0.518. The Morgan fingerprint density at radius 2 is 1.73 bits per heavy atom. The van der Waals surface area contributed by atoms with Gasteiger partial charge in [-0.1, -0.05) is 27.7 Å². The van der Waals surface area contributed by atoms with E-state index < -0.39 is 8.32 Å². The van der Waals surface area contributed by atoms with Gasteiger partial charge in [-0.3, -0.25) is 0 Å². The average Bonchev–Trinajstić information content (AvgIpc) is 2.02. The lowest BCUT2D eigenvalue weighted by molar-refractivity contribution is 0.106. The third-order valence-electron chi connectivity index (χ3n) is 2.82. The molecule has 0 heterocycles. The molecule has 3 heteroatoms. The summed E-state index contributed by atoms with van der Waals surface area (Å²) in [7, 11) is -1.74. The molecule has 0 radical (unpaired) electrons. The minimum atomic E-state index is -1.74. The predicted molar refractivity (Wildman–Crippen MR) is 68.3 cm³/mol. The Bertz CT molecular complexity index is 214. The first-order chi connectivity index (χ1) is 6.74. The predicted octanol–water partition coefficient (Wildman–Crippen LogP) is 4.30. The van der Waals surface area contributed by atoms with E-state index in [9.17, 15) is 0 Å². The second kappa shape index (κ2) is 5.59. The molecule has 0 aromatic rings. The van der Waals surface area contributed by atoms with E-state index in [0.717, 1.165) is 6.42 Å². The molecule has 0 rings (SSSR count). The Labute approximate surface area is 95.8 Å². The number of ether oxygens (including phenoxy) is 1. The molecule has 0 saturated carbocycles. The summed E-state index contributed by atoms with van der Waals surface area (Å²) in [5.41, 5.74) is 0. The minimum absolute atomic E-state index is 0.219. The van der Waals surface area contributed by atoms with Gasteiger partial charge >= 0.3 is 0 Å². The van der Waals surface area contributed by atoms with Gasteiger partial charge in [-0.15, -0.1) is 0 Å². The molecule has 0 spiro atoms. The van der Waals surface area contributed by atoms with Crippen LogP contribution in [0.25, 0.3) is 0 Å². The van der Waals surface area contributed by atoms with Gasteiger partial charge < -0.3 is 9.16 Å². The van der Waals surface area contributed by atoms with Gasteiger partial charge in [-0.2, -0.15) is 0 Å². The minimum Gasteiger partial charge on any atom is -0.519 e. The third kappa shape index (κ3) is 4.73. The SMILES string of the molecule is CC/C=C(\OCC)O[Si](C)(C)C(C)(C)C. The average molecular weight is 230 g/mol. The topological polar surface area (TPSA) is 18.5 Å². The molecule has 0 aromatic carbocycles.